The fraction of sp³-hybridized carbons (Fsp3) is 0.750. The second-order valence-corrected chi connectivity index (χ2v) is 10.9. The highest BCUT2D eigenvalue weighted by Gasteiger charge is 2.42. The number of rotatable bonds is 6. The van der Waals surface area contributed by atoms with Crippen molar-refractivity contribution in [3.8, 4) is 0 Å². The Morgan fingerprint density at radius 3 is 2.79 bits per heavy atom. The van der Waals surface area contributed by atoms with Gasteiger partial charge in [-0.2, -0.15) is 0 Å². The third kappa shape index (κ3) is 5.26. The zero-order valence-electron chi connectivity index (χ0n) is 16.1. The molecular weight excluding hydrogens is 445 g/mol. The molecule has 1 aromatic heterocycles. The molecule has 0 spiro atoms. The summed E-state index contributed by atoms with van der Waals surface area (Å²) in [5, 5.41) is 6.72. The lowest BCUT2D eigenvalue weighted by molar-refractivity contribution is 0.0362. The second kappa shape index (κ2) is 8.98. The Hall–Kier alpha value is -0.700. The van der Waals surface area contributed by atoms with E-state index in [1.807, 2.05) is 0 Å². The number of piperidine rings is 2. The molecule has 0 aromatic carbocycles. The lowest BCUT2D eigenvalue weighted by Gasteiger charge is -2.36. The summed E-state index contributed by atoms with van der Waals surface area (Å²) in [5.74, 6) is 0.972. The van der Waals surface area contributed by atoms with Crippen molar-refractivity contribution in [2.24, 2.45) is 5.92 Å². The van der Waals surface area contributed by atoms with Gasteiger partial charge in [-0.1, -0.05) is 0 Å². The van der Waals surface area contributed by atoms with Crippen molar-refractivity contribution in [1.82, 2.24) is 15.5 Å². The predicted octanol–water partition coefficient (Wildman–Crippen LogP) is 3.90. The van der Waals surface area contributed by atoms with Crippen LogP contribution in [0.5, 0.6) is 0 Å². The topological polar surface area (TPSA) is 53.6 Å². The van der Waals surface area contributed by atoms with Gasteiger partial charge in [-0.15, -0.1) is 11.3 Å². The molecule has 1 aromatic rings. The van der Waals surface area contributed by atoms with E-state index in [-0.39, 0.29) is 6.09 Å². The number of hydrogen-bond donors (Lipinski definition) is 2. The molecule has 0 radical (unpaired) electrons. The van der Waals surface area contributed by atoms with Crippen LogP contribution in [0, 0.1) is 5.92 Å². The van der Waals surface area contributed by atoms with E-state index >= 15 is 4.39 Å². The molecule has 3 fully saturated rings. The number of likely N-dealkylation sites (tertiary alicyclic amines) is 1. The number of halogens is 2. The van der Waals surface area contributed by atoms with E-state index < -0.39 is 5.67 Å². The monoisotopic (exact) mass is 473 g/mol. The molecule has 5 nitrogen and oxygen atoms in total. The van der Waals surface area contributed by atoms with Gasteiger partial charge in [-0.05, 0) is 66.3 Å². The highest BCUT2D eigenvalue weighted by molar-refractivity contribution is 9.11. The van der Waals surface area contributed by atoms with Crippen LogP contribution < -0.4 is 10.6 Å². The fourth-order valence-electron chi connectivity index (χ4n) is 4.17. The molecule has 1 saturated carbocycles. The fourth-order valence-corrected chi connectivity index (χ4v) is 5.77. The molecule has 2 unspecified atom stereocenters. The zero-order chi connectivity index (χ0) is 19.6. The largest absolute Gasteiger partial charge is 0.449 e. The Morgan fingerprint density at radius 2 is 2.11 bits per heavy atom. The van der Waals surface area contributed by atoms with Gasteiger partial charge in [0.2, 0.25) is 0 Å². The third-order valence-electron chi connectivity index (χ3n) is 6.25. The molecule has 2 saturated heterocycles. The molecule has 8 heteroatoms. The number of thiophene rings is 1. The summed E-state index contributed by atoms with van der Waals surface area (Å²) >= 11 is 5.26. The maximum absolute atomic E-state index is 15.2. The standard InChI is InChI=1S/C20H29BrFN3O2S/c21-18-2-1-17(28-18)15-11-16(15)24-13-20(22)5-9-25(10-6-20)19(26)27-12-14-3-7-23-8-4-14/h1-2,14-16,23-24H,3-13H2. The van der Waals surface area contributed by atoms with E-state index in [0.29, 0.717) is 57.0 Å². The van der Waals surface area contributed by atoms with Crippen LogP contribution in [-0.4, -0.2) is 62.0 Å². The summed E-state index contributed by atoms with van der Waals surface area (Å²) in [4.78, 5) is 15.3. The van der Waals surface area contributed by atoms with E-state index in [9.17, 15) is 4.79 Å². The number of alkyl halides is 1. The number of carbonyl (C=O) groups is 1. The second-order valence-electron chi connectivity index (χ2n) is 8.38. The molecule has 1 amide bonds. The first-order valence-electron chi connectivity index (χ1n) is 10.3. The molecule has 156 valence electrons. The minimum atomic E-state index is -1.23. The Bertz CT molecular complexity index is 674. The summed E-state index contributed by atoms with van der Waals surface area (Å²) in [7, 11) is 0. The number of amides is 1. The number of nitrogens with zero attached hydrogens (tertiary/aromatic N) is 1. The summed E-state index contributed by atoms with van der Waals surface area (Å²) in [5.41, 5.74) is -1.23. The Balaban J connectivity index is 1.15. The molecule has 2 aliphatic heterocycles. The number of nitrogens with one attached hydrogen (secondary N) is 2. The molecule has 1 aliphatic carbocycles. The number of ether oxygens (including phenoxy) is 1. The third-order valence-corrected chi connectivity index (χ3v) is 8.01. The van der Waals surface area contributed by atoms with E-state index in [2.05, 4.69) is 38.7 Å². The summed E-state index contributed by atoms with van der Waals surface area (Å²) in [6.45, 7) is 3.73. The Kier molecular flexibility index (Phi) is 6.60. The SMILES string of the molecule is O=C(OCC1CCNCC1)N1CCC(F)(CNC2CC2c2ccc(Br)s2)CC1. The van der Waals surface area contributed by atoms with E-state index in [4.69, 9.17) is 4.74 Å². The smallest absolute Gasteiger partial charge is 0.409 e. The molecule has 2 atom stereocenters. The van der Waals surface area contributed by atoms with Crippen LogP contribution in [0.25, 0.3) is 0 Å². The average molecular weight is 474 g/mol. The lowest BCUT2D eigenvalue weighted by atomic mass is 9.93. The molecule has 3 heterocycles. The van der Waals surface area contributed by atoms with Crippen molar-refractivity contribution in [3.05, 3.63) is 20.8 Å². The van der Waals surface area contributed by atoms with Gasteiger partial charge in [0, 0.05) is 49.3 Å². The van der Waals surface area contributed by atoms with Crippen molar-refractivity contribution >= 4 is 33.4 Å². The van der Waals surface area contributed by atoms with Crippen molar-refractivity contribution in [3.63, 3.8) is 0 Å². The van der Waals surface area contributed by atoms with Gasteiger partial charge < -0.3 is 20.3 Å². The number of hydrogen-bond acceptors (Lipinski definition) is 5. The zero-order valence-corrected chi connectivity index (χ0v) is 18.5. The minimum Gasteiger partial charge on any atom is -0.449 e. The van der Waals surface area contributed by atoms with Crippen molar-refractivity contribution < 1.29 is 13.9 Å². The highest BCUT2D eigenvalue weighted by atomic mass is 79.9. The maximum atomic E-state index is 15.2. The molecule has 28 heavy (non-hydrogen) atoms. The van der Waals surface area contributed by atoms with Crippen LogP contribution in [0.15, 0.2) is 15.9 Å². The van der Waals surface area contributed by atoms with Gasteiger partial charge in [0.05, 0.1) is 10.4 Å². The van der Waals surface area contributed by atoms with Crippen LogP contribution in [0.1, 0.15) is 42.9 Å². The summed E-state index contributed by atoms with van der Waals surface area (Å²) in [6, 6.07) is 4.61. The van der Waals surface area contributed by atoms with Crippen LogP contribution in [0.2, 0.25) is 0 Å². The molecule has 0 bridgehead atoms. The first kappa shape index (κ1) is 20.6. The first-order valence-corrected chi connectivity index (χ1v) is 11.9. The molecular formula is C20H29BrFN3O2S. The van der Waals surface area contributed by atoms with Crippen molar-refractivity contribution in [2.45, 2.75) is 49.7 Å². The van der Waals surface area contributed by atoms with Crippen LogP contribution in [-0.2, 0) is 4.74 Å². The number of carbonyl (C=O) groups excluding carboxylic acids is 1. The van der Waals surface area contributed by atoms with Crippen molar-refractivity contribution in [2.75, 3.05) is 39.3 Å². The van der Waals surface area contributed by atoms with Gasteiger partial charge in [-0.3, -0.25) is 0 Å². The molecule has 4 rings (SSSR count). The Morgan fingerprint density at radius 1 is 1.36 bits per heavy atom. The first-order chi connectivity index (χ1) is 13.5. The van der Waals surface area contributed by atoms with E-state index in [1.54, 1.807) is 16.2 Å². The van der Waals surface area contributed by atoms with Gasteiger partial charge in [0.25, 0.3) is 0 Å². The highest BCUT2D eigenvalue weighted by Crippen LogP contribution is 2.45. The normalized spacial score (nSPS) is 27.6. The molecule has 3 aliphatic rings. The summed E-state index contributed by atoms with van der Waals surface area (Å²) < 4.78 is 21.8. The maximum Gasteiger partial charge on any atom is 0.409 e. The van der Waals surface area contributed by atoms with Gasteiger partial charge in [-0.25, -0.2) is 9.18 Å². The lowest BCUT2D eigenvalue weighted by Crippen LogP contribution is -2.49. The quantitative estimate of drug-likeness (QED) is 0.657. The Labute approximate surface area is 178 Å². The van der Waals surface area contributed by atoms with Crippen LogP contribution in [0.3, 0.4) is 0 Å². The van der Waals surface area contributed by atoms with Crippen LogP contribution in [0.4, 0.5) is 9.18 Å². The van der Waals surface area contributed by atoms with E-state index in [0.717, 1.165) is 36.1 Å². The van der Waals surface area contributed by atoms with E-state index in [1.165, 1.54) is 4.88 Å². The predicted molar refractivity (Wildman–Crippen MR) is 113 cm³/mol. The van der Waals surface area contributed by atoms with Gasteiger partial charge in [0.15, 0.2) is 0 Å². The summed E-state index contributed by atoms with van der Waals surface area (Å²) in [6.07, 6.45) is 3.67. The van der Waals surface area contributed by atoms with Gasteiger partial charge in [0.1, 0.15) is 5.67 Å². The van der Waals surface area contributed by atoms with Gasteiger partial charge >= 0.3 is 6.09 Å². The van der Waals surface area contributed by atoms with Crippen LogP contribution >= 0.6 is 27.3 Å². The average Bonchev–Trinajstić information content (AvgIpc) is 3.37. The van der Waals surface area contributed by atoms with Crippen molar-refractivity contribution in [1.29, 1.82) is 0 Å². The minimum absolute atomic E-state index is 0.279. The molecule has 2 N–H and O–H groups in total.